The van der Waals surface area contributed by atoms with Gasteiger partial charge in [0.25, 0.3) is 5.91 Å². The maximum atomic E-state index is 12.2. The molecule has 7 heteroatoms. The highest BCUT2D eigenvalue weighted by Gasteiger charge is 2.44. The Labute approximate surface area is 120 Å². The molecule has 2 rings (SSSR count). The summed E-state index contributed by atoms with van der Waals surface area (Å²) in [6.45, 7) is 8.17. The minimum Gasteiger partial charge on any atom is -0.324 e. The molecule has 0 spiro atoms. The summed E-state index contributed by atoms with van der Waals surface area (Å²) in [4.78, 5) is 25.3. The SMILES string of the molecule is CCn1nc(C)c(Br)c1CN1C(=O)NC(C)(C)C1=O. The van der Waals surface area contributed by atoms with Crippen LogP contribution in [0.4, 0.5) is 4.79 Å². The van der Waals surface area contributed by atoms with Gasteiger partial charge in [-0.1, -0.05) is 0 Å². The van der Waals surface area contributed by atoms with Gasteiger partial charge >= 0.3 is 6.03 Å². The van der Waals surface area contributed by atoms with Crippen molar-refractivity contribution in [3.05, 3.63) is 15.9 Å². The monoisotopic (exact) mass is 328 g/mol. The van der Waals surface area contributed by atoms with Crippen molar-refractivity contribution in [3.63, 3.8) is 0 Å². The van der Waals surface area contributed by atoms with Crippen molar-refractivity contribution in [2.75, 3.05) is 0 Å². The fourth-order valence-corrected chi connectivity index (χ4v) is 2.54. The molecule has 1 aliphatic heterocycles. The van der Waals surface area contributed by atoms with E-state index in [2.05, 4.69) is 26.3 Å². The van der Waals surface area contributed by atoms with E-state index in [0.29, 0.717) is 6.54 Å². The lowest BCUT2D eigenvalue weighted by Gasteiger charge is -2.16. The number of nitrogens with one attached hydrogen (secondary N) is 1. The molecule has 0 radical (unpaired) electrons. The maximum Gasteiger partial charge on any atom is 0.325 e. The van der Waals surface area contributed by atoms with Gasteiger partial charge in [-0.3, -0.25) is 14.4 Å². The summed E-state index contributed by atoms with van der Waals surface area (Å²) in [5, 5.41) is 7.03. The first kappa shape index (κ1) is 14.0. The Bertz CT molecular complexity index is 550. The van der Waals surface area contributed by atoms with Gasteiger partial charge < -0.3 is 5.32 Å². The number of carbonyl (C=O) groups excluding carboxylic acids is 2. The summed E-state index contributed by atoms with van der Waals surface area (Å²) in [7, 11) is 0. The van der Waals surface area contributed by atoms with Crippen LogP contribution in [0.3, 0.4) is 0 Å². The van der Waals surface area contributed by atoms with Gasteiger partial charge in [-0.2, -0.15) is 5.10 Å². The molecule has 0 aromatic carbocycles. The molecule has 19 heavy (non-hydrogen) atoms. The van der Waals surface area contributed by atoms with E-state index >= 15 is 0 Å². The molecule has 0 atom stereocenters. The number of hydrogen-bond acceptors (Lipinski definition) is 3. The minimum atomic E-state index is -0.838. The normalized spacial score (nSPS) is 18.1. The minimum absolute atomic E-state index is 0.217. The molecule has 6 nitrogen and oxygen atoms in total. The molecule has 3 amide bonds. The highest BCUT2D eigenvalue weighted by Crippen LogP contribution is 2.25. The summed E-state index contributed by atoms with van der Waals surface area (Å²) in [5.74, 6) is -0.217. The Kier molecular flexibility index (Phi) is 3.42. The van der Waals surface area contributed by atoms with Crippen molar-refractivity contribution in [2.45, 2.75) is 46.3 Å². The number of amides is 3. The van der Waals surface area contributed by atoms with E-state index in [4.69, 9.17) is 0 Å². The van der Waals surface area contributed by atoms with Crippen LogP contribution < -0.4 is 5.32 Å². The average molecular weight is 329 g/mol. The van der Waals surface area contributed by atoms with Crippen LogP contribution in [-0.4, -0.2) is 32.2 Å². The molecule has 0 saturated carbocycles. The lowest BCUT2D eigenvalue weighted by atomic mass is 10.1. The van der Waals surface area contributed by atoms with Gasteiger partial charge in [0.15, 0.2) is 0 Å². The Morgan fingerprint density at radius 3 is 2.47 bits per heavy atom. The Balaban J connectivity index is 2.32. The summed E-state index contributed by atoms with van der Waals surface area (Å²) in [6, 6.07) is -0.358. The largest absolute Gasteiger partial charge is 0.325 e. The smallest absolute Gasteiger partial charge is 0.324 e. The number of hydrogen-bond donors (Lipinski definition) is 1. The number of halogens is 1. The summed E-state index contributed by atoms with van der Waals surface area (Å²) < 4.78 is 2.64. The van der Waals surface area contributed by atoms with Crippen molar-refractivity contribution in [1.29, 1.82) is 0 Å². The van der Waals surface area contributed by atoms with E-state index in [9.17, 15) is 9.59 Å². The molecule has 1 aromatic rings. The van der Waals surface area contributed by atoms with Crippen LogP contribution in [0.25, 0.3) is 0 Å². The number of nitrogens with zero attached hydrogens (tertiary/aromatic N) is 3. The van der Waals surface area contributed by atoms with Crippen molar-refractivity contribution >= 4 is 27.9 Å². The molecule has 1 aliphatic rings. The molecular weight excluding hydrogens is 312 g/mol. The summed E-state index contributed by atoms with van der Waals surface area (Å²) >= 11 is 3.46. The van der Waals surface area contributed by atoms with Crippen LogP contribution in [0.15, 0.2) is 4.47 Å². The lowest BCUT2D eigenvalue weighted by molar-refractivity contribution is -0.130. The van der Waals surface area contributed by atoms with Gasteiger partial charge in [0.2, 0.25) is 0 Å². The first-order valence-electron chi connectivity index (χ1n) is 6.13. The lowest BCUT2D eigenvalue weighted by Crippen LogP contribution is -2.40. The summed E-state index contributed by atoms with van der Waals surface area (Å²) in [6.07, 6.45) is 0. The van der Waals surface area contributed by atoms with E-state index in [1.54, 1.807) is 18.5 Å². The molecule has 1 saturated heterocycles. The third kappa shape index (κ3) is 2.27. The number of imide groups is 1. The van der Waals surface area contributed by atoms with Crippen LogP contribution >= 0.6 is 15.9 Å². The molecule has 104 valence electrons. The predicted octanol–water partition coefficient (Wildman–Crippen LogP) is 1.80. The second-order valence-corrected chi connectivity index (χ2v) is 5.90. The fourth-order valence-electron chi connectivity index (χ4n) is 2.13. The van der Waals surface area contributed by atoms with E-state index in [1.165, 1.54) is 4.90 Å². The molecule has 1 N–H and O–H groups in total. The molecular formula is C12H17BrN4O2. The summed E-state index contributed by atoms with van der Waals surface area (Å²) in [5.41, 5.74) is 0.847. The van der Waals surface area contributed by atoms with Crippen LogP contribution in [0, 0.1) is 6.92 Å². The molecule has 0 bridgehead atoms. The van der Waals surface area contributed by atoms with Crippen LogP contribution in [0.1, 0.15) is 32.2 Å². The molecule has 2 heterocycles. The Hall–Kier alpha value is -1.37. The van der Waals surface area contributed by atoms with E-state index in [-0.39, 0.29) is 18.5 Å². The highest BCUT2D eigenvalue weighted by molar-refractivity contribution is 9.10. The standard InChI is InChI=1S/C12H17BrN4O2/c1-5-17-8(9(13)7(2)15-17)6-16-10(18)12(3,4)14-11(16)19/h5-6H2,1-4H3,(H,14,19). The Morgan fingerprint density at radius 1 is 1.37 bits per heavy atom. The van der Waals surface area contributed by atoms with Crippen molar-refractivity contribution in [2.24, 2.45) is 0 Å². The first-order chi connectivity index (χ1) is 8.77. The predicted molar refractivity (Wildman–Crippen MR) is 73.5 cm³/mol. The van der Waals surface area contributed by atoms with Gasteiger partial charge in [-0.05, 0) is 43.6 Å². The van der Waals surface area contributed by atoms with E-state index in [1.807, 2.05) is 13.8 Å². The number of rotatable bonds is 3. The van der Waals surface area contributed by atoms with Gasteiger partial charge in [-0.15, -0.1) is 0 Å². The third-order valence-electron chi connectivity index (χ3n) is 3.21. The van der Waals surface area contributed by atoms with Crippen LogP contribution in [0.5, 0.6) is 0 Å². The zero-order valence-electron chi connectivity index (χ0n) is 11.5. The number of carbonyl (C=O) groups is 2. The second-order valence-electron chi connectivity index (χ2n) is 5.11. The van der Waals surface area contributed by atoms with Gasteiger partial charge in [0, 0.05) is 6.54 Å². The van der Waals surface area contributed by atoms with Crippen molar-refractivity contribution < 1.29 is 9.59 Å². The zero-order chi connectivity index (χ0) is 14.4. The molecule has 0 unspecified atom stereocenters. The quantitative estimate of drug-likeness (QED) is 0.860. The number of aryl methyl sites for hydroxylation is 2. The third-order valence-corrected chi connectivity index (χ3v) is 4.24. The topological polar surface area (TPSA) is 67.2 Å². The molecule has 1 fully saturated rings. The fraction of sp³-hybridized carbons (Fsp3) is 0.583. The van der Waals surface area contributed by atoms with Crippen molar-refractivity contribution in [3.8, 4) is 0 Å². The van der Waals surface area contributed by atoms with E-state index in [0.717, 1.165) is 15.9 Å². The molecule has 0 aliphatic carbocycles. The number of urea groups is 1. The first-order valence-corrected chi connectivity index (χ1v) is 6.93. The van der Waals surface area contributed by atoms with Crippen LogP contribution in [0.2, 0.25) is 0 Å². The second kappa shape index (κ2) is 4.63. The zero-order valence-corrected chi connectivity index (χ0v) is 13.0. The maximum absolute atomic E-state index is 12.2. The van der Waals surface area contributed by atoms with Gasteiger partial charge in [0.1, 0.15) is 5.54 Å². The molecule has 1 aromatic heterocycles. The Morgan fingerprint density at radius 2 is 2.00 bits per heavy atom. The highest BCUT2D eigenvalue weighted by atomic mass is 79.9. The van der Waals surface area contributed by atoms with Gasteiger partial charge in [-0.25, -0.2) is 4.79 Å². The van der Waals surface area contributed by atoms with E-state index < -0.39 is 5.54 Å². The van der Waals surface area contributed by atoms with Gasteiger partial charge in [0.05, 0.1) is 22.4 Å². The number of aromatic nitrogens is 2. The van der Waals surface area contributed by atoms with Crippen LogP contribution in [-0.2, 0) is 17.9 Å². The average Bonchev–Trinajstić information content (AvgIpc) is 2.70. The van der Waals surface area contributed by atoms with Crippen molar-refractivity contribution in [1.82, 2.24) is 20.0 Å².